The fourth-order valence-corrected chi connectivity index (χ4v) is 2.09. The van der Waals surface area contributed by atoms with E-state index in [0.29, 0.717) is 29.4 Å². The van der Waals surface area contributed by atoms with Crippen LogP contribution >= 0.6 is 11.8 Å². The van der Waals surface area contributed by atoms with Crippen molar-refractivity contribution < 1.29 is 19.6 Å². The molecule has 0 aromatic heterocycles. The fraction of sp³-hybridized carbons (Fsp3) is 0.538. The minimum Gasteiger partial charge on any atom is -0.493 e. The van der Waals surface area contributed by atoms with E-state index in [9.17, 15) is 4.91 Å². The van der Waals surface area contributed by atoms with Crippen LogP contribution in [0.4, 0.5) is 5.69 Å². The molecule has 1 aromatic rings. The summed E-state index contributed by atoms with van der Waals surface area (Å²) in [5.74, 6) is 1.45. The Balaban J connectivity index is 2.77. The minimum absolute atomic E-state index is 0.166. The van der Waals surface area contributed by atoms with Crippen molar-refractivity contribution in [2.24, 2.45) is 0 Å². The molecular formula is C13H20NO4S+. The molecule has 0 saturated carbocycles. The van der Waals surface area contributed by atoms with Crippen molar-refractivity contribution in [3.8, 4) is 5.75 Å². The Morgan fingerprint density at radius 2 is 2.11 bits per heavy atom. The van der Waals surface area contributed by atoms with Crippen molar-refractivity contribution in [3.63, 3.8) is 0 Å². The summed E-state index contributed by atoms with van der Waals surface area (Å²) < 4.78 is 5.59. The maximum Gasteiger partial charge on any atom is 0.320 e. The lowest BCUT2D eigenvalue weighted by molar-refractivity contribution is -0.736. The fourth-order valence-electron chi connectivity index (χ4n) is 1.59. The lowest BCUT2D eigenvalue weighted by Crippen LogP contribution is -2.02. The van der Waals surface area contributed by atoms with Crippen LogP contribution in [0.2, 0.25) is 0 Å². The van der Waals surface area contributed by atoms with Crippen molar-refractivity contribution in [2.45, 2.75) is 18.6 Å². The molecule has 0 spiro atoms. The predicted octanol–water partition coefficient (Wildman–Crippen LogP) is 2.67. The van der Waals surface area contributed by atoms with Crippen molar-refractivity contribution in [2.75, 3.05) is 26.6 Å². The van der Waals surface area contributed by atoms with Crippen LogP contribution in [-0.2, 0) is 10.6 Å². The van der Waals surface area contributed by atoms with Gasteiger partial charge >= 0.3 is 5.69 Å². The molecular weight excluding hydrogens is 266 g/mol. The second kappa shape index (κ2) is 8.77. The van der Waals surface area contributed by atoms with Crippen molar-refractivity contribution >= 4 is 17.4 Å². The standard InChI is InChI=1S/C13H20NO4S/c1-17-14(16)12-7-11(10-19-2)8-13(9-12)18-6-4-3-5-15/h7-9,15H,3-6,10H2,1-2H3/q+1. The molecule has 0 saturated heterocycles. The van der Waals surface area contributed by atoms with E-state index in [4.69, 9.17) is 9.84 Å². The molecule has 5 nitrogen and oxygen atoms in total. The molecule has 1 aromatic carbocycles. The second-order valence-corrected chi connectivity index (χ2v) is 4.85. The molecule has 0 unspecified atom stereocenters. The van der Waals surface area contributed by atoms with Crippen molar-refractivity contribution in [3.05, 3.63) is 28.7 Å². The summed E-state index contributed by atoms with van der Waals surface area (Å²) in [5, 5.41) is 8.70. The Bertz CT molecular complexity index is 412. The molecule has 0 aliphatic rings. The highest BCUT2D eigenvalue weighted by Crippen LogP contribution is 2.25. The number of hydrogen-bond acceptors (Lipinski definition) is 5. The molecule has 19 heavy (non-hydrogen) atoms. The molecule has 0 fully saturated rings. The van der Waals surface area contributed by atoms with E-state index < -0.39 is 0 Å². The largest absolute Gasteiger partial charge is 0.493 e. The van der Waals surface area contributed by atoms with Gasteiger partial charge < -0.3 is 9.84 Å². The van der Waals surface area contributed by atoms with Crippen LogP contribution in [0.5, 0.6) is 5.75 Å². The summed E-state index contributed by atoms with van der Waals surface area (Å²) in [4.78, 5) is 16.6. The molecule has 106 valence electrons. The van der Waals surface area contributed by atoms with Crippen molar-refractivity contribution in [1.82, 2.24) is 0 Å². The Morgan fingerprint density at radius 1 is 1.32 bits per heavy atom. The van der Waals surface area contributed by atoms with Crippen LogP contribution in [0.1, 0.15) is 18.4 Å². The topological polar surface area (TPSA) is 58.8 Å². The monoisotopic (exact) mass is 286 g/mol. The third kappa shape index (κ3) is 5.48. The number of aliphatic hydroxyl groups excluding tert-OH is 1. The van der Waals surface area contributed by atoms with Gasteiger partial charge in [0.15, 0.2) is 7.11 Å². The minimum atomic E-state index is 0.166. The van der Waals surface area contributed by atoms with E-state index in [1.165, 1.54) is 7.11 Å². The van der Waals surface area contributed by atoms with Gasteiger partial charge in [0.2, 0.25) is 0 Å². The van der Waals surface area contributed by atoms with Crippen molar-refractivity contribution in [1.29, 1.82) is 0 Å². The molecule has 0 atom stereocenters. The lowest BCUT2D eigenvalue weighted by Gasteiger charge is -2.07. The maximum atomic E-state index is 11.5. The lowest BCUT2D eigenvalue weighted by atomic mass is 10.2. The van der Waals surface area contributed by atoms with Gasteiger partial charge in [-0.3, -0.25) is 0 Å². The number of ether oxygens (including phenoxy) is 1. The Hall–Kier alpha value is -1.27. The molecule has 0 bridgehead atoms. The first kappa shape index (κ1) is 15.8. The summed E-state index contributed by atoms with van der Waals surface area (Å²) in [5.41, 5.74) is 1.44. The third-order valence-electron chi connectivity index (χ3n) is 2.46. The summed E-state index contributed by atoms with van der Waals surface area (Å²) >= 11 is 1.67. The number of thioether (sulfide) groups is 1. The number of nitrogens with zero attached hydrogens (tertiary/aromatic N) is 1. The average molecular weight is 286 g/mol. The normalized spacial score (nSPS) is 10.3. The summed E-state index contributed by atoms with van der Waals surface area (Å²) in [6, 6.07) is 5.36. The van der Waals surface area contributed by atoms with Gasteiger partial charge in [-0.15, -0.1) is 0 Å². The summed E-state index contributed by atoms with van der Waals surface area (Å²) in [6.45, 7) is 0.688. The van der Waals surface area contributed by atoms with Gasteiger partial charge in [0.1, 0.15) is 5.75 Å². The number of benzene rings is 1. The quantitative estimate of drug-likeness (QED) is 0.558. The van der Waals surface area contributed by atoms with Gasteiger partial charge in [-0.1, -0.05) is 0 Å². The zero-order valence-corrected chi connectivity index (χ0v) is 12.1. The van der Waals surface area contributed by atoms with E-state index in [1.54, 1.807) is 23.9 Å². The smallest absolute Gasteiger partial charge is 0.320 e. The van der Waals surface area contributed by atoms with Crippen LogP contribution in [0, 0.1) is 4.91 Å². The molecule has 6 heteroatoms. The molecule has 1 rings (SSSR count). The van der Waals surface area contributed by atoms with Crippen LogP contribution in [0.25, 0.3) is 0 Å². The van der Waals surface area contributed by atoms with E-state index in [0.717, 1.165) is 17.7 Å². The SMILES string of the molecule is CO[N+](=O)c1cc(CSC)cc(OCCCCO)c1. The Morgan fingerprint density at radius 3 is 2.74 bits per heavy atom. The third-order valence-corrected chi connectivity index (χ3v) is 3.08. The van der Waals surface area contributed by atoms with Crippen LogP contribution in [0.3, 0.4) is 0 Å². The van der Waals surface area contributed by atoms with Gasteiger partial charge in [-0.2, -0.15) is 11.8 Å². The van der Waals surface area contributed by atoms with E-state index in [-0.39, 0.29) is 6.61 Å². The molecule has 0 aliphatic heterocycles. The van der Waals surface area contributed by atoms with Gasteiger partial charge in [0.25, 0.3) is 4.92 Å². The van der Waals surface area contributed by atoms with Gasteiger partial charge in [0, 0.05) is 18.4 Å². The highest BCUT2D eigenvalue weighted by Gasteiger charge is 2.17. The van der Waals surface area contributed by atoms with E-state index in [1.807, 2.05) is 12.3 Å². The highest BCUT2D eigenvalue weighted by molar-refractivity contribution is 7.97. The number of aliphatic hydroxyl groups is 1. The first-order chi connectivity index (χ1) is 9.21. The van der Waals surface area contributed by atoms with Gasteiger partial charge in [0.05, 0.1) is 17.6 Å². The molecule has 0 amide bonds. The molecule has 0 heterocycles. The zero-order valence-electron chi connectivity index (χ0n) is 11.3. The molecule has 0 radical (unpaired) electrons. The second-order valence-electron chi connectivity index (χ2n) is 3.99. The van der Waals surface area contributed by atoms with Crippen LogP contribution in [-0.4, -0.2) is 36.6 Å². The maximum absolute atomic E-state index is 11.5. The zero-order chi connectivity index (χ0) is 14.1. The van der Waals surface area contributed by atoms with Gasteiger partial charge in [-0.25, -0.2) is 4.84 Å². The Labute approximate surface area is 117 Å². The van der Waals surface area contributed by atoms with E-state index in [2.05, 4.69) is 4.84 Å². The number of hydrogen-bond donors (Lipinski definition) is 1. The Kier molecular flexibility index (Phi) is 7.28. The van der Waals surface area contributed by atoms with E-state index >= 15 is 0 Å². The summed E-state index contributed by atoms with van der Waals surface area (Å²) in [6.07, 6.45) is 3.49. The average Bonchev–Trinajstić information content (AvgIpc) is 2.43. The first-order valence-electron chi connectivity index (χ1n) is 6.09. The molecule has 1 N–H and O–H groups in total. The van der Waals surface area contributed by atoms with Gasteiger partial charge in [-0.05, 0) is 30.7 Å². The first-order valence-corrected chi connectivity index (χ1v) is 7.48. The number of unbranched alkanes of at least 4 members (excludes halogenated alkanes) is 1. The molecule has 0 aliphatic carbocycles. The highest BCUT2D eigenvalue weighted by atomic mass is 32.2. The number of rotatable bonds is 9. The van der Waals surface area contributed by atoms with Crippen LogP contribution in [0.15, 0.2) is 18.2 Å². The summed E-state index contributed by atoms with van der Waals surface area (Å²) in [7, 11) is 1.33. The van der Waals surface area contributed by atoms with Crippen LogP contribution < -0.4 is 4.74 Å². The predicted molar refractivity (Wildman–Crippen MR) is 75.8 cm³/mol.